The minimum atomic E-state index is -0.214. The van der Waals surface area contributed by atoms with E-state index in [9.17, 15) is 4.79 Å². The SMILES string of the molecule is Cc1c(Cl)ccc2c(C(=O)Nc3ccc(Cl)cc3)cc(-c3ccccc3)nc12. The maximum absolute atomic E-state index is 13.1. The van der Waals surface area contributed by atoms with Gasteiger partial charge in [-0.15, -0.1) is 0 Å². The van der Waals surface area contributed by atoms with Crippen LogP contribution in [0.25, 0.3) is 22.2 Å². The Bertz CT molecular complexity index is 1170. The van der Waals surface area contributed by atoms with Crippen LogP contribution in [0.2, 0.25) is 10.0 Å². The van der Waals surface area contributed by atoms with E-state index in [4.69, 9.17) is 28.2 Å². The fourth-order valence-corrected chi connectivity index (χ4v) is 3.36. The Balaban J connectivity index is 1.87. The fourth-order valence-electron chi connectivity index (χ4n) is 3.08. The van der Waals surface area contributed by atoms with Crippen molar-refractivity contribution in [2.75, 3.05) is 5.32 Å². The van der Waals surface area contributed by atoms with E-state index in [1.807, 2.05) is 49.4 Å². The second-order valence-corrected chi connectivity index (χ2v) is 7.29. The van der Waals surface area contributed by atoms with Crippen molar-refractivity contribution < 1.29 is 4.79 Å². The molecule has 4 aromatic rings. The van der Waals surface area contributed by atoms with Crippen LogP contribution in [-0.4, -0.2) is 10.9 Å². The van der Waals surface area contributed by atoms with Gasteiger partial charge >= 0.3 is 0 Å². The van der Waals surface area contributed by atoms with E-state index < -0.39 is 0 Å². The molecule has 0 aliphatic heterocycles. The summed E-state index contributed by atoms with van der Waals surface area (Å²) in [7, 11) is 0. The molecule has 0 fully saturated rings. The number of hydrogen-bond acceptors (Lipinski definition) is 2. The summed E-state index contributed by atoms with van der Waals surface area (Å²) < 4.78 is 0. The van der Waals surface area contributed by atoms with Crippen molar-refractivity contribution >= 4 is 45.7 Å². The van der Waals surface area contributed by atoms with E-state index in [0.29, 0.717) is 21.3 Å². The predicted molar refractivity (Wildman–Crippen MR) is 116 cm³/mol. The molecule has 3 nitrogen and oxygen atoms in total. The summed E-state index contributed by atoms with van der Waals surface area (Å²) in [6, 6.07) is 22.2. The monoisotopic (exact) mass is 406 g/mol. The average molecular weight is 407 g/mol. The van der Waals surface area contributed by atoms with Crippen LogP contribution in [0.15, 0.2) is 72.8 Å². The smallest absolute Gasteiger partial charge is 0.256 e. The molecule has 0 spiro atoms. The third-order valence-corrected chi connectivity index (χ3v) is 5.25. The molecule has 0 radical (unpaired) electrons. The van der Waals surface area contributed by atoms with Gasteiger partial charge in [-0.25, -0.2) is 4.98 Å². The first-order chi connectivity index (χ1) is 13.5. The van der Waals surface area contributed by atoms with Crippen molar-refractivity contribution in [3.63, 3.8) is 0 Å². The Morgan fingerprint density at radius 3 is 2.36 bits per heavy atom. The quantitative estimate of drug-likeness (QED) is 0.407. The summed E-state index contributed by atoms with van der Waals surface area (Å²) in [5.74, 6) is -0.214. The van der Waals surface area contributed by atoms with Gasteiger partial charge in [-0.1, -0.05) is 59.6 Å². The maximum Gasteiger partial charge on any atom is 0.256 e. The third kappa shape index (κ3) is 3.59. The van der Waals surface area contributed by atoms with Crippen LogP contribution in [-0.2, 0) is 0 Å². The van der Waals surface area contributed by atoms with E-state index in [1.165, 1.54) is 0 Å². The second-order valence-electron chi connectivity index (χ2n) is 6.45. The number of amides is 1. The van der Waals surface area contributed by atoms with Gasteiger partial charge in [-0.05, 0) is 48.9 Å². The molecule has 1 amide bonds. The highest BCUT2D eigenvalue weighted by atomic mass is 35.5. The Morgan fingerprint density at radius 2 is 1.64 bits per heavy atom. The number of aromatic nitrogens is 1. The van der Waals surface area contributed by atoms with E-state index in [2.05, 4.69) is 5.32 Å². The molecular formula is C23H16Cl2N2O. The molecule has 138 valence electrons. The molecular weight excluding hydrogens is 391 g/mol. The van der Waals surface area contributed by atoms with Crippen molar-refractivity contribution in [2.24, 2.45) is 0 Å². The van der Waals surface area contributed by atoms with Gasteiger partial charge in [-0.2, -0.15) is 0 Å². The van der Waals surface area contributed by atoms with Crippen molar-refractivity contribution in [1.29, 1.82) is 0 Å². The molecule has 4 rings (SSSR count). The maximum atomic E-state index is 13.1. The van der Waals surface area contributed by atoms with Crippen LogP contribution in [0.3, 0.4) is 0 Å². The minimum Gasteiger partial charge on any atom is -0.322 e. The Labute approximate surface area is 172 Å². The first kappa shape index (κ1) is 18.5. The highest BCUT2D eigenvalue weighted by molar-refractivity contribution is 6.32. The molecule has 0 unspecified atom stereocenters. The Hall–Kier alpha value is -2.88. The molecule has 1 aromatic heterocycles. The fraction of sp³-hybridized carbons (Fsp3) is 0.0435. The molecule has 0 atom stereocenters. The van der Waals surface area contributed by atoms with Crippen molar-refractivity contribution in [2.45, 2.75) is 6.92 Å². The summed E-state index contributed by atoms with van der Waals surface area (Å²) in [6.45, 7) is 1.91. The van der Waals surface area contributed by atoms with Crippen LogP contribution >= 0.6 is 23.2 Å². The van der Waals surface area contributed by atoms with E-state index in [0.717, 1.165) is 27.7 Å². The van der Waals surface area contributed by atoms with E-state index >= 15 is 0 Å². The normalized spacial score (nSPS) is 10.8. The van der Waals surface area contributed by atoms with E-state index in [-0.39, 0.29) is 5.91 Å². The number of carbonyl (C=O) groups is 1. The van der Waals surface area contributed by atoms with E-state index in [1.54, 1.807) is 30.3 Å². The zero-order valence-electron chi connectivity index (χ0n) is 15.0. The molecule has 5 heteroatoms. The number of halogens is 2. The number of anilines is 1. The molecule has 0 aliphatic rings. The number of nitrogens with one attached hydrogen (secondary N) is 1. The topological polar surface area (TPSA) is 42.0 Å². The van der Waals surface area contributed by atoms with Gasteiger partial charge in [0.25, 0.3) is 5.91 Å². The zero-order valence-corrected chi connectivity index (χ0v) is 16.6. The molecule has 28 heavy (non-hydrogen) atoms. The number of aryl methyl sites for hydroxylation is 1. The van der Waals surface area contributed by atoms with Gasteiger partial charge in [0.1, 0.15) is 0 Å². The largest absolute Gasteiger partial charge is 0.322 e. The number of nitrogens with zero attached hydrogens (tertiary/aromatic N) is 1. The molecule has 0 bridgehead atoms. The van der Waals surface area contributed by atoms with Crippen LogP contribution in [0.1, 0.15) is 15.9 Å². The summed E-state index contributed by atoms with van der Waals surface area (Å²) in [6.07, 6.45) is 0. The summed E-state index contributed by atoms with van der Waals surface area (Å²) in [5, 5.41) is 4.92. The molecule has 0 saturated carbocycles. The van der Waals surface area contributed by atoms with Gasteiger partial charge in [0, 0.05) is 26.7 Å². The lowest BCUT2D eigenvalue weighted by molar-refractivity contribution is 0.102. The Morgan fingerprint density at radius 1 is 0.929 bits per heavy atom. The van der Waals surface area contributed by atoms with Crippen LogP contribution in [0, 0.1) is 6.92 Å². The first-order valence-electron chi connectivity index (χ1n) is 8.75. The number of carbonyl (C=O) groups excluding carboxylic acids is 1. The highest BCUT2D eigenvalue weighted by Gasteiger charge is 2.16. The van der Waals surface area contributed by atoms with Crippen molar-refractivity contribution in [3.05, 3.63) is 94.0 Å². The number of fused-ring (bicyclic) bond motifs is 1. The van der Waals surface area contributed by atoms with Gasteiger partial charge in [0.15, 0.2) is 0 Å². The zero-order chi connectivity index (χ0) is 19.7. The second kappa shape index (κ2) is 7.63. The molecule has 0 saturated heterocycles. The average Bonchev–Trinajstić information content (AvgIpc) is 2.72. The molecule has 1 N–H and O–H groups in total. The van der Waals surface area contributed by atoms with Crippen LogP contribution < -0.4 is 5.32 Å². The van der Waals surface area contributed by atoms with Gasteiger partial charge < -0.3 is 5.32 Å². The standard InChI is InChI=1S/C23H16Cl2N2O/c1-14-20(25)12-11-18-19(23(28)26-17-9-7-16(24)8-10-17)13-21(27-22(14)18)15-5-3-2-4-6-15/h2-13H,1H3,(H,26,28). The van der Waals surface area contributed by atoms with Crippen LogP contribution in [0.4, 0.5) is 5.69 Å². The highest BCUT2D eigenvalue weighted by Crippen LogP contribution is 2.30. The minimum absolute atomic E-state index is 0.214. The molecule has 1 heterocycles. The summed E-state index contributed by atoms with van der Waals surface area (Å²) in [5.41, 5.74) is 4.43. The summed E-state index contributed by atoms with van der Waals surface area (Å²) in [4.78, 5) is 17.9. The first-order valence-corrected chi connectivity index (χ1v) is 9.51. The molecule has 3 aromatic carbocycles. The lowest BCUT2D eigenvalue weighted by Gasteiger charge is -2.13. The van der Waals surface area contributed by atoms with Gasteiger partial charge in [-0.3, -0.25) is 4.79 Å². The van der Waals surface area contributed by atoms with Gasteiger partial charge in [0.05, 0.1) is 16.8 Å². The van der Waals surface area contributed by atoms with Gasteiger partial charge in [0.2, 0.25) is 0 Å². The van der Waals surface area contributed by atoms with Crippen molar-refractivity contribution in [3.8, 4) is 11.3 Å². The lowest BCUT2D eigenvalue weighted by atomic mass is 10.0. The third-order valence-electron chi connectivity index (χ3n) is 4.58. The number of rotatable bonds is 3. The van der Waals surface area contributed by atoms with Crippen LogP contribution in [0.5, 0.6) is 0 Å². The number of pyridine rings is 1. The summed E-state index contributed by atoms with van der Waals surface area (Å²) >= 11 is 12.2. The predicted octanol–water partition coefficient (Wildman–Crippen LogP) is 6.77. The number of benzene rings is 3. The lowest BCUT2D eigenvalue weighted by Crippen LogP contribution is -2.13. The number of hydrogen-bond donors (Lipinski definition) is 1. The molecule has 0 aliphatic carbocycles. The van der Waals surface area contributed by atoms with Crippen molar-refractivity contribution in [1.82, 2.24) is 4.98 Å². The Kier molecular flexibility index (Phi) is 5.03.